The van der Waals surface area contributed by atoms with Gasteiger partial charge in [0.2, 0.25) is 0 Å². The van der Waals surface area contributed by atoms with Crippen molar-refractivity contribution in [1.82, 2.24) is 20.2 Å². The van der Waals surface area contributed by atoms with E-state index >= 15 is 0 Å². The first-order chi connectivity index (χ1) is 12.7. The molecule has 1 unspecified atom stereocenters. The van der Waals surface area contributed by atoms with Crippen molar-refractivity contribution in [3.63, 3.8) is 0 Å². The van der Waals surface area contributed by atoms with Crippen molar-refractivity contribution in [2.75, 3.05) is 18.0 Å². The van der Waals surface area contributed by atoms with Crippen LogP contribution in [0.4, 0.5) is 5.82 Å². The smallest absolute Gasteiger partial charge is 0.268 e. The van der Waals surface area contributed by atoms with Crippen LogP contribution in [0.5, 0.6) is 0 Å². The summed E-state index contributed by atoms with van der Waals surface area (Å²) in [5, 5.41) is 7.46. The summed E-state index contributed by atoms with van der Waals surface area (Å²) in [4.78, 5) is 22.0. The SMILES string of the molecule is NC(=O)c1cncc(N2CCCC(c3[nH]ncc3-c3ccccc3)C2)n1. The number of piperidine rings is 1. The number of amides is 1. The third-order valence-corrected chi connectivity index (χ3v) is 4.78. The highest BCUT2D eigenvalue weighted by Crippen LogP contribution is 2.33. The van der Waals surface area contributed by atoms with Gasteiger partial charge in [-0.05, 0) is 18.4 Å². The second-order valence-electron chi connectivity index (χ2n) is 6.48. The molecule has 1 aliphatic heterocycles. The maximum absolute atomic E-state index is 11.4. The molecule has 2 aromatic heterocycles. The maximum atomic E-state index is 11.4. The highest BCUT2D eigenvalue weighted by molar-refractivity contribution is 5.90. The molecule has 7 nitrogen and oxygen atoms in total. The quantitative estimate of drug-likeness (QED) is 0.754. The zero-order valence-electron chi connectivity index (χ0n) is 14.3. The van der Waals surface area contributed by atoms with E-state index in [1.165, 1.54) is 6.20 Å². The molecule has 0 radical (unpaired) electrons. The predicted molar refractivity (Wildman–Crippen MR) is 98.8 cm³/mol. The molecular formula is C19H20N6O. The molecule has 1 atom stereocenters. The number of rotatable bonds is 4. The number of aromatic amines is 1. The lowest BCUT2D eigenvalue weighted by Crippen LogP contribution is -2.35. The first-order valence-electron chi connectivity index (χ1n) is 8.68. The third kappa shape index (κ3) is 3.15. The summed E-state index contributed by atoms with van der Waals surface area (Å²) in [6.45, 7) is 1.67. The summed E-state index contributed by atoms with van der Waals surface area (Å²) < 4.78 is 0. The van der Waals surface area contributed by atoms with Crippen LogP contribution in [0.2, 0.25) is 0 Å². The summed E-state index contributed by atoms with van der Waals surface area (Å²) >= 11 is 0. The minimum absolute atomic E-state index is 0.191. The molecule has 0 saturated carbocycles. The molecule has 1 amide bonds. The number of anilines is 1. The molecule has 132 valence electrons. The van der Waals surface area contributed by atoms with Gasteiger partial charge in [0, 0.05) is 30.3 Å². The summed E-state index contributed by atoms with van der Waals surface area (Å²) in [7, 11) is 0. The summed E-state index contributed by atoms with van der Waals surface area (Å²) in [5.74, 6) is 0.431. The lowest BCUT2D eigenvalue weighted by Gasteiger charge is -2.33. The number of aromatic nitrogens is 4. The molecule has 7 heteroatoms. The normalized spacial score (nSPS) is 17.2. The Bertz CT molecular complexity index is 907. The van der Waals surface area contributed by atoms with Crippen molar-refractivity contribution in [1.29, 1.82) is 0 Å². The van der Waals surface area contributed by atoms with Gasteiger partial charge in [-0.25, -0.2) is 4.98 Å². The standard InChI is InChI=1S/C19H20N6O/c20-19(26)16-10-21-11-17(23-16)25-8-4-7-14(12-25)18-15(9-22-24-18)13-5-2-1-3-6-13/h1-3,5-6,9-11,14H,4,7-8,12H2,(H2,20,26)(H,22,24). The Kier molecular flexibility index (Phi) is 4.35. The van der Waals surface area contributed by atoms with Crippen LogP contribution in [-0.2, 0) is 0 Å². The molecule has 3 aromatic rings. The van der Waals surface area contributed by atoms with Gasteiger partial charge in [-0.1, -0.05) is 30.3 Å². The van der Waals surface area contributed by atoms with Gasteiger partial charge in [0.15, 0.2) is 0 Å². The number of carbonyl (C=O) groups excluding carboxylic acids is 1. The first-order valence-corrected chi connectivity index (χ1v) is 8.68. The molecule has 26 heavy (non-hydrogen) atoms. The maximum Gasteiger partial charge on any atom is 0.268 e. The van der Waals surface area contributed by atoms with E-state index in [1.807, 2.05) is 24.4 Å². The second-order valence-corrected chi connectivity index (χ2v) is 6.48. The summed E-state index contributed by atoms with van der Waals surface area (Å²) in [5.41, 5.74) is 8.95. The van der Waals surface area contributed by atoms with Crippen molar-refractivity contribution < 1.29 is 4.79 Å². The molecule has 0 bridgehead atoms. The van der Waals surface area contributed by atoms with Crippen molar-refractivity contribution in [3.05, 3.63) is 60.3 Å². The number of hydrogen-bond donors (Lipinski definition) is 2. The molecule has 1 aromatic carbocycles. The number of H-pyrrole nitrogens is 1. The Morgan fingerprint density at radius 3 is 2.85 bits per heavy atom. The fourth-order valence-electron chi connectivity index (χ4n) is 3.50. The summed E-state index contributed by atoms with van der Waals surface area (Å²) in [6.07, 6.45) is 7.06. The van der Waals surface area contributed by atoms with E-state index in [0.29, 0.717) is 11.7 Å². The molecular weight excluding hydrogens is 328 g/mol. The minimum atomic E-state index is -0.562. The van der Waals surface area contributed by atoms with E-state index < -0.39 is 5.91 Å². The van der Waals surface area contributed by atoms with Crippen LogP contribution in [0.25, 0.3) is 11.1 Å². The molecule has 0 spiro atoms. The minimum Gasteiger partial charge on any atom is -0.364 e. The monoisotopic (exact) mass is 348 g/mol. The average Bonchev–Trinajstić information content (AvgIpc) is 3.19. The zero-order chi connectivity index (χ0) is 17.9. The third-order valence-electron chi connectivity index (χ3n) is 4.78. The predicted octanol–water partition coefficient (Wildman–Crippen LogP) is 2.35. The second kappa shape index (κ2) is 6.95. The number of nitrogens with one attached hydrogen (secondary N) is 1. The highest BCUT2D eigenvalue weighted by atomic mass is 16.1. The van der Waals surface area contributed by atoms with Gasteiger partial charge in [-0.2, -0.15) is 5.10 Å². The van der Waals surface area contributed by atoms with Crippen LogP contribution in [0.3, 0.4) is 0 Å². The first kappa shape index (κ1) is 16.3. The van der Waals surface area contributed by atoms with Crippen molar-refractivity contribution in [2.24, 2.45) is 5.73 Å². The molecule has 1 saturated heterocycles. The molecule has 3 heterocycles. The van der Waals surface area contributed by atoms with Crippen LogP contribution < -0.4 is 10.6 Å². The number of carbonyl (C=O) groups is 1. The van der Waals surface area contributed by atoms with Gasteiger partial charge in [0.1, 0.15) is 11.5 Å². The van der Waals surface area contributed by atoms with Crippen molar-refractivity contribution in [2.45, 2.75) is 18.8 Å². The van der Waals surface area contributed by atoms with E-state index in [0.717, 1.165) is 42.8 Å². The fourth-order valence-corrected chi connectivity index (χ4v) is 3.50. The average molecular weight is 348 g/mol. The van der Waals surface area contributed by atoms with Gasteiger partial charge < -0.3 is 10.6 Å². The topological polar surface area (TPSA) is 101 Å². The zero-order valence-corrected chi connectivity index (χ0v) is 14.3. The van der Waals surface area contributed by atoms with Crippen LogP contribution >= 0.6 is 0 Å². The van der Waals surface area contributed by atoms with Gasteiger partial charge >= 0.3 is 0 Å². The van der Waals surface area contributed by atoms with E-state index in [-0.39, 0.29) is 5.69 Å². The number of nitrogens with zero attached hydrogens (tertiary/aromatic N) is 4. The van der Waals surface area contributed by atoms with Crippen LogP contribution in [-0.4, -0.2) is 39.2 Å². The van der Waals surface area contributed by atoms with Crippen LogP contribution in [0.15, 0.2) is 48.9 Å². The van der Waals surface area contributed by atoms with Gasteiger partial charge in [-0.15, -0.1) is 0 Å². The van der Waals surface area contributed by atoms with E-state index in [9.17, 15) is 4.79 Å². The van der Waals surface area contributed by atoms with Crippen molar-refractivity contribution in [3.8, 4) is 11.1 Å². The van der Waals surface area contributed by atoms with Gasteiger partial charge in [0.05, 0.1) is 18.6 Å². The summed E-state index contributed by atoms with van der Waals surface area (Å²) in [6, 6.07) is 10.3. The van der Waals surface area contributed by atoms with E-state index in [1.54, 1.807) is 6.20 Å². The lowest BCUT2D eigenvalue weighted by atomic mass is 9.90. The Morgan fingerprint density at radius 2 is 2.04 bits per heavy atom. The Balaban J connectivity index is 1.60. The van der Waals surface area contributed by atoms with Crippen LogP contribution in [0, 0.1) is 0 Å². The van der Waals surface area contributed by atoms with E-state index in [4.69, 9.17) is 5.73 Å². The molecule has 1 fully saturated rings. The number of primary amides is 1. The van der Waals surface area contributed by atoms with E-state index in [2.05, 4.69) is 37.2 Å². The van der Waals surface area contributed by atoms with Crippen LogP contribution in [0.1, 0.15) is 34.9 Å². The largest absolute Gasteiger partial charge is 0.364 e. The fraction of sp³-hybridized carbons (Fsp3) is 0.263. The Labute approximate surface area is 151 Å². The number of nitrogens with two attached hydrogens (primary N) is 1. The molecule has 1 aliphatic rings. The van der Waals surface area contributed by atoms with Crippen molar-refractivity contribution >= 4 is 11.7 Å². The molecule has 0 aliphatic carbocycles. The number of hydrogen-bond acceptors (Lipinski definition) is 5. The van der Waals surface area contributed by atoms with Gasteiger partial charge in [0.25, 0.3) is 5.91 Å². The molecule has 3 N–H and O–H groups in total. The highest BCUT2D eigenvalue weighted by Gasteiger charge is 2.26. The molecule has 4 rings (SSSR count). The Morgan fingerprint density at radius 1 is 1.19 bits per heavy atom. The lowest BCUT2D eigenvalue weighted by molar-refractivity contribution is 0.0995. The number of benzene rings is 1. The van der Waals surface area contributed by atoms with Gasteiger partial charge in [-0.3, -0.25) is 14.9 Å². The Hall–Kier alpha value is -3.22.